The smallest absolute Gasteiger partial charge is 0.407 e. The minimum Gasteiger partial charge on any atom is -0.468 e. The van der Waals surface area contributed by atoms with Crippen molar-refractivity contribution in [2.24, 2.45) is 0 Å². The topological polar surface area (TPSA) is 85.6 Å². The van der Waals surface area contributed by atoms with Crippen molar-refractivity contribution in [3.8, 4) is 0 Å². The van der Waals surface area contributed by atoms with Crippen molar-refractivity contribution in [2.45, 2.75) is 17.1 Å². The molecule has 0 fully saturated rings. The van der Waals surface area contributed by atoms with Gasteiger partial charge >= 0.3 is 6.09 Å². The molecule has 0 bridgehead atoms. The largest absolute Gasteiger partial charge is 0.468 e. The number of hydrogen-bond acceptors (Lipinski definition) is 5. The molecule has 0 spiro atoms. The van der Waals surface area contributed by atoms with Gasteiger partial charge < -0.3 is 14.5 Å². The van der Waals surface area contributed by atoms with Crippen LogP contribution >= 0.6 is 11.6 Å². The summed E-state index contributed by atoms with van der Waals surface area (Å²) >= 11 is 5.79. The monoisotopic (exact) mass is 357 g/mol. The van der Waals surface area contributed by atoms with Crippen LogP contribution in [0.1, 0.15) is 17.9 Å². The van der Waals surface area contributed by atoms with E-state index < -0.39 is 21.2 Å². The first-order valence-electron chi connectivity index (χ1n) is 6.88. The Balaban J connectivity index is 2.29. The molecule has 6 nitrogen and oxygen atoms in total. The van der Waals surface area contributed by atoms with E-state index in [-0.39, 0.29) is 23.8 Å². The molecule has 124 valence electrons. The van der Waals surface area contributed by atoms with Crippen molar-refractivity contribution in [1.82, 2.24) is 5.32 Å². The highest BCUT2D eigenvalue weighted by Crippen LogP contribution is 2.29. The number of alkyl carbamates (subject to hydrolysis) is 1. The molecule has 0 aliphatic rings. The Morgan fingerprint density at radius 1 is 1.30 bits per heavy atom. The van der Waals surface area contributed by atoms with Crippen molar-refractivity contribution >= 4 is 27.5 Å². The van der Waals surface area contributed by atoms with Crippen LogP contribution in [0.5, 0.6) is 0 Å². The summed E-state index contributed by atoms with van der Waals surface area (Å²) in [5.41, 5.74) is 0. The predicted octanol–water partition coefficient (Wildman–Crippen LogP) is 3.19. The second kappa shape index (κ2) is 7.52. The Hall–Kier alpha value is -1.99. The van der Waals surface area contributed by atoms with E-state index in [0.29, 0.717) is 5.02 Å². The lowest BCUT2D eigenvalue weighted by molar-refractivity contribution is 0.152. The van der Waals surface area contributed by atoms with E-state index in [2.05, 4.69) is 5.32 Å². The molecular formula is C15H16ClNO5S. The lowest BCUT2D eigenvalue weighted by Crippen LogP contribution is -2.32. The number of furan rings is 1. The van der Waals surface area contributed by atoms with Crippen LogP contribution in [0.4, 0.5) is 4.79 Å². The fraction of sp³-hybridized carbons (Fsp3) is 0.267. The maximum atomic E-state index is 12.8. The number of hydrogen-bond donors (Lipinski definition) is 1. The van der Waals surface area contributed by atoms with E-state index in [0.717, 1.165) is 0 Å². The van der Waals surface area contributed by atoms with Crippen molar-refractivity contribution in [1.29, 1.82) is 0 Å². The normalized spacial score (nSPS) is 12.6. The molecule has 1 N–H and O–H groups in total. The number of nitrogens with one attached hydrogen (secondary N) is 1. The van der Waals surface area contributed by atoms with Crippen LogP contribution in [-0.2, 0) is 14.6 Å². The van der Waals surface area contributed by atoms with E-state index in [1.165, 1.54) is 30.5 Å². The molecule has 0 saturated carbocycles. The molecule has 0 aliphatic carbocycles. The highest BCUT2D eigenvalue weighted by Gasteiger charge is 2.32. The maximum Gasteiger partial charge on any atom is 0.407 e. The summed E-state index contributed by atoms with van der Waals surface area (Å²) < 4.78 is 35.6. The highest BCUT2D eigenvalue weighted by molar-refractivity contribution is 7.91. The summed E-state index contributed by atoms with van der Waals surface area (Å²) in [7, 11) is -3.77. The van der Waals surface area contributed by atoms with Crippen LogP contribution in [0.2, 0.25) is 5.02 Å². The Kier molecular flexibility index (Phi) is 5.68. The van der Waals surface area contributed by atoms with E-state index in [1.807, 2.05) is 0 Å². The predicted molar refractivity (Wildman–Crippen MR) is 85.1 cm³/mol. The lowest BCUT2D eigenvalue weighted by Gasteiger charge is -2.16. The third kappa shape index (κ3) is 4.27. The Labute approximate surface area is 139 Å². The summed E-state index contributed by atoms with van der Waals surface area (Å²) in [5, 5.41) is 1.80. The third-order valence-electron chi connectivity index (χ3n) is 3.08. The third-order valence-corrected chi connectivity index (χ3v) is 5.41. The van der Waals surface area contributed by atoms with Gasteiger partial charge in [-0.1, -0.05) is 11.6 Å². The SMILES string of the molecule is CCOC(=O)NCC(c1ccco1)S(=O)(=O)c1ccc(Cl)cc1. The van der Waals surface area contributed by atoms with Gasteiger partial charge in [0.1, 0.15) is 11.0 Å². The average Bonchev–Trinajstić information content (AvgIpc) is 3.02. The highest BCUT2D eigenvalue weighted by atomic mass is 35.5. The molecule has 0 radical (unpaired) electrons. The van der Waals surface area contributed by atoms with Gasteiger partial charge in [-0.05, 0) is 43.3 Å². The molecule has 1 unspecified atom stereocenters. The van der Waals surface area contributed by atoms with Crippen molar-refractivity contribution in [3.05, 3.63) is 53.4 Å². The molecule has 1 aromatic carbocycles. The standard InChI is InChI=1S/C15H16ClNO5S/c1-2-21-15(18)17-10-14(13-4-3-9-22-13)23(19,20)12-7-5-11(16)6-8-12/h3-9,14H,2,10H2,1H3,(H,17,18). The lowest BCUT2D eigenvalue weighted by atomic mass is 10.3. The average molecular weight is 358 g/mol. The van der Waals surface area contributed by atoms with E-state index in [4.69, 9.17) is 20.8 Å². The van der Waals surface area contributed by atoms with Crippen molar-refractivity contribution in [3.63, 3.8) is 0 Å². The van der Waals surface area contributed by atoms with Crippen LogP contribution < -0.4 is 5.32 Å². The zero-order valence-corrected chi connectivity index (χ0v) is 13.9. The van der Waals surface area contributed by atoms with Crippen LogP contribution in [0.15, 0.2) is 52.0 Å². The number of sulfone groups is 1. The van der Waals surface area contributed by atoms with Gasteiger partial charge in [0.25, 0.3) is 0 Å². The summed E-state index contributed by atoms with van der Waals surface area (Å²) in [4.78, 5) is 11.5. The first kappa shape index (κ1) is 17.4. The van der Waals surface area contributed by atoms with E-state index >= 15 is 0 Å². The number of carbonyl (C=O) groups excluding carboxylic acids is 1. The van der Waals surface area contributed by atoms with Crippen LogP contribution in [0.3, 0.4) is 0 Å². The second-order valence-corrected chi connectivity index (χ2v) is 7.17. The fourth-order valence-corrected chi connectivity index (χ4v) is 3.70. The molecule has 0 saturated heterocycles. The zero-order chi connectivity index (χ0) is 16.9. The molecule has 0 aliphatic heterocycles. The zero-order valence-electron chi connectivity index (χ0n) is 12.4. The maximum absolute atomic E-state index is 12.8. The van der Waals surface area contributed by atoms with Crippen molar-refractivity contribution < 1.29 is 22.4 Å². The van der Waals surface area contributed by atoms with Gasteiger partial charge in [0.15, 0.2) is 9.84 Å². The number of carbonyl (C=O) groups is 1. The molecule has 2 aromatic rings. The quantitative estimate of drug-likeness (QED) is 0.858. The van der Waals surface area contributed by atoms with Gasteiger partial charge in [-0.15, -0.1) is 0 Å². The molecule has 1 aromatic heterocycles. The van der Waals surface area contributed by atoms with E-state index in [1.54, 1.807) is 19.1 Å². The minimum atomic E-state index is -3.77. The van der Waals surface area contributed by atoms with Crippen LogP contribution in [0.25, 0.3) is 0 Å². The molecule has 1 heterocycles. The number of amides is 1. The Bertz CT molecular complexity index is 741. The van der Waals surface area contributed by atoms with Gasteiger partial charge in [0.05, 0.1) is 17.8 Å². The minimum absolute atomic E-state index is 0.0916. The Morgan fingerprint density at radius 3 is 2.57 bits per heavy atom. The first-order valence-corrected chi connectivity index (χ1v) is 8.81. The number of halogens is 1. The summed E-state index contributed by atoms with van der Waals surface area (Å²) in [6.07, 6.45) is 0.694. The van der Waals surface area contributed by atoms with Crippen molar-refractivity contribution in [2.75, 3.05) is 13.2 Å². The van der Waals surface area contributed by atoms with Gasteiger partial charge in [-0.3, -0.25) is 0 Å². The van der Waals surface area contributed by atoms with Gasteiger partial charge in [0.2, 0.25) is 0 Å². The summed E-state index contributed by atoms with van der Waals surface area (Å²) in [5.74, 6) is 0.233. The summed E-state index contributed by atoms with van der Waals surface area (Å²) in [6, 6.07) is 8.95. The Morgan fingerprint density at radius 2 is 2.00 bits per heavy atom. The number of ether oxygens (including phenoxy) is 1. The fourth-order valence-electron chi connectivity index (χ4n) is 1.98. The van der Waals surface area contributed by atoms with Gasteiger partial charge in [-0.2, -0.15) is 0 Å². The van der Waals surface area contributed by atoms with Crippen LogP contribution in [-0.4, -0.2) is 27.7 Å². The number of benzene rings is 1. The molecule has 8 heteroatoms. The van der Waals surface area contributed by atoms with Gasteiger partial charge in [-0.25, -0.2) is 13.2 Å². The van der Waals surface area contributed by atoms with Gasteiger partial charge in [0, 0.05) is 11.6 Å². The molecular weight excluding hydrogens is 342 g/mol. The second-order valence-electron chi connectivity index (χ2n) is 4.60. The molecule has 23 heavy (non-hydrogen) atoms. The molecule has 1 atom stereocenters. The molecule has 2 rings (SSSR count). The van der Waals surface area contributed by atoms with E-state index in [9.17, 15) is 13.2 Å². The molecule has 1 amide bonds. The first-order chi connectivity index (χ1) is 10.9. The van der Waals surface area contributed by atoms with Crippen LogP contribution in [0, 0.1) is 0 Å². The number of rotatable bonds is 6. The summed E-state index contributed by atoms with van der Waals surface area (Å²) in [6.45, 7) is 1.69.